The molecule has 0 bridgehead atoms. The molecule has 0 radical (unpaired) electrons. The second-order valence-electron chi connectivity index (χ2n) is 5.71. The molecule has 1 fully saturated rings. The van der Waals surface area contributed by atoms with Crippen molar-refractivity contribution in [2.75, 3.05) is 18.5 Å². The van der Waals surface area contributed by atoms with E-state index in [2.05, 4.69) is 48.5 Å². The van der Waals surface area contributed by atoms with Gasteiger partial charge in [-0.1, -0.05) is 44.4 Å². The Bertz CT molecular complexity index is 369. The Hall–Kier alpha value is -1.02. The third kappa shape index (κ3) is 3.97. The Balaban J connectivity index is 2.04. The van der Waals surface area contributed by atoms with Crippen LogP contribution in [0.1, 0.15) is 51.0 Å². The molecule has 0 amide bonds. The van der Waals surface area contributed by atoms with Gasteiger partial charge in [-0.25, -0.2) is 0 Å². The van der Waals surface area contributed by atoms with Gasteiger partial charge in [-0.05, 0) is 37.4 Å². The Morgan fingerprint density at radius 2 is 1.89 bits per heavy atom. The molecular weight excluding hydrogens is 232 g/mol. The van der Waals surface area contributed by atoms with Gasteiger partial charge in [0, 0.05) is 25.3 Å². The summed E-state index contributed by atoms with van der Waals surface area (Å²) < 4.78 is 0. The number of rotatable bonds is 6. The summed E-state index contributed by atoms with van der Waals surface area (Å²) in [5, 5.41) is 3.52. The van der Waals surface area contributed by atoms with Gasteiger partial charge in [0.25, 0.3) is 0 Å². The molecule has 0 saturated heterocycles. The molecule has 1 saturated carbocycles. The monoisotopic (exact) mass is 260 g/mol. The first-order chi connectivity index (χ1) is 9.33. The highest BCUT2D eigenvalue weighted by Gasteiger charge is 2.19. The average Bonchev–Trinajstić information content (AvgIpc) is 2.48. The Morgan fingerprint density at radius 1 is 1.16 bits per heavy atom. The van der Waals surface area contributed by atoms with Crippen LogP contribution in [-0.2, 0) is 6.54 Å². The SMILES string of the molecule is CCCNCc1ccccc1N(C)C1CCCCC1. The van der Waals surface area contributed by atoms with E-state index < -0.39 is 0 Å². The van der Waals surface area contributed by atoms with Gasteiger partial charge in [-0.3, -0.25) is 0 Å². The molecule has 1 aliphatic rings. The molecule has 0 aromatic heterocycles. The van der Waals surface area contributed by atoms with Gasteiger partial charge < -0.3 is 10.2 Å². The first kappa shape index (κ1) is 14.4. The normalized spacial score (nSPS) is 16.5. The van der Waals surface area contributed by atoms with Gasteiger partial charge in [0.2, 0.25) is 0 Å². The Morgan fingerprint density at radius 3 is 2.63 bits per heavy atom. The first-order valence-corrected chi connectivity index (χ1v) is 7.84. The van der Waals surface area contributed by atoms with Crippen molar-refractivity contribution in [2.45, 2.75) is 58.0 Å². The van der Waals surface area contributed by atoms with Gasteiger partial charge in [0.15, 0.2) is 0 Å². The second-order valence-corrected chi connectivity index (χ2v) is 5.71. The smallest absolute Gasteiger partial charge is 0.0411 e. The molecule has 106 valence electrons. The fourth-order valence-electron chi connectivity index (χ4n) is 3.07. The summed E-state index contributed by atoms with van der Waals surface area (Å²) in [6, 6.07) is 9.59. The van der Waals surface area contributed by atoms with E-state index in [4.69, 9.17) is 0 Å². The number of nitrogens with one attached hydrogen (secondary N) is 1. The van der Waals surface area contributed by atoms with Crippen molar-refractivity contribution >= 4 is 5.69 Å². The molecule has 0 spiro atoms. The van der Waals surface area contributed by atoms with Crippen molar-refractivity contribution in [2.24, 2.45) is 0 Å². The van der Waals surface area contributed by atoms with E-state index in [-0.39, 0.29) is 0 Å². The molecule has 2 nitrogen and oxygen atoms in total. The predicted molar refractivity (Wildman–Crippen MR) is 83.7 cm³/mol. The maximum atomic E-state index is 3.52. The van der Waals surface area contributed by atoms with Crippen LogP contribution in [0.3, 0.4) is 0 Å². The zero-order valence-corrected chi connectivity index (χ0v) is 12.5. The van der Waals surface area contributed by atoms with E-state index >= 15 is 0 Å². The lowest BCUT2D eigenvalue weighted by molar-refractivity contribution is 0.427. The average molecular weight is 260 g/mol. The summed E-state index contributed by atoms with van der Waals surface area (Å²) in [5.41, 5.74) is 2.85. The molecule has 1 N–H and O–H groups in total. The molecule has 19 heavy (non-hydrogen) atoms. The molecule has 2 heteroatoms. The van der Waals surface area contributed by atoms with Crippen molar-refractivity contribution in [3.63, 3.8) is 0 Å². The molecule has 0 atom stereocenters. The van der Waals surface area contributed by atoms with Crippen molar-refractivity contribution in [1.29, 1.82) is 0 Å². The summed E-state index contributed by atoms with van der Waals surface area (Å²) in [6.45, 7) is 4.30. The zero-order chi connectivity index (χ0) is 13.5. The quantitative estimate of drug-likeness (QED) is 0.779. The summed E-state index contributed by atoms with van der Waals surface area (Å²) in [6.07, 6.45) is 8.11. The van der Waals surface area contributed by atoms with Crippen molar-refractivity contribution in [3.8, 4) is 0 Å². The van der Waals surface area contributed by atoms with Crippen LogP contribution in [0.15, 0.2) is 24.3 Å². The predicted octanol–water partition coefficient (Wildman–Crippen LogP) is 3.96. The molecule has 1 aromatic rings. The van der Waals surface area contributed by atoms with E-state index in [1.54, 1.807) is 0 Å². The van der Waals surface area contributed by atoms with Gasteiger partial charge in [-0.2, -0.15) is 0 Å². The number of hydrogen-bond donors (Lipinski definition) is 1. The minimum atomic E-state index is 0.737. The minimum Gasteiger partial charge on any atom is -0.371 e. The van der Waals surface area contributed by atoms with Crippen LogP contribution in [-0.4, -0.2) is 19.6 Å². The lowest BCUT2D eigenvalue weighted by atomic mass is 9.94. The number of nitrogens with zero attached hydrogens (tertiary/aromatic N) is 1. The van der Waals surface area contributed by atoms with Crippen LogP contribution < -0.4 is 10.2 Å². The highest BCUT2D eigenvalue weighted by molar-refractivity contribution is 5.53. The summed E-state index contributed by atoms with van der Waals surface area (Å²) in [4.78, 5) is 2.52. The maximum Gasteiger partial charge on any atom is 0.0411 e. The highest BCUT2D eigenvalue weighted by Crippen LogP contribution is 2.28. The third-order valence-electron chi connectivity index (χ3n) is 4.24. The largest absolute Gasteiger partial charge is 0.371 e. The van der Waals surface area contributed by atoms with E-state index in [9.17, 15) is 0 Å². The van der Waals surface area contributed by atoms with Crippen molar-refractivity contribution < 1.29 is 0 Å². The molecule has 0 heterocycles. The topological polar surface area (TPSA) is 15.3 Å². The Kier molecular flexibility index (Phi) is 5.71. The fraction of sp³-hybridized carbons (Fsp3) is 0.647. The van der Waals surface area contributed by atoms with Crippen LogP contribution >= 0.6 is 0 Å². The van der Waals surface area contributed by atoms with Crippen molar-refractivity contribution in [1.82, 2.24) is 5.32 Å². The second kappa shape index (κ2) is 7.54. The zero-order valence-electron chi connectivity index (χ0n) is 12.5. The lowest BCUT2D eigenvalue weighted by Gasteiger charge is -2.34. The molecule has 0 aliphatic heterocycles. The van der Waals surface area contributed by atoms with Gasteiger partial charge in [-0.15, -0.1) is 0 Å². The minimum absolute atomic E-state index is 0.737. The Labute approximate surface area is 118 Å². The van der Waals surface area contributed by atoms with Crippen LogP contribution in [0.2, 0.25) is 0 Å². The molecule has 0 unspecified atom stereocenters. The van der Waals surface area contributed by atoms with Crippen LogP contribution in [0.4, 0.5) is 5.69 Å². The standard InChI is InChI=1S/C17H28N2/c1-3-13-18-14-15-9-7-8-12-17(15)19(2)16-10-5-4-6-11-16/h7-9,12,16,18H,3-6,10-11,13-14H2,1-2H3. The number of para-hydroxylation sites is 1. The molecule has 1 aliphatic carbocycles. The fourth-order valence-corrected chi connectivity index (χ4v) is 3.07. The van der Waals surface area contributed by atoms with Gasteiger partial charge >= 0.3 is 0 Å². The van der Waals surface area contributed by atoms with E-state index in [1.807, 2.05) is 0 Å². The van der Waals surface area contributed by atoms with Crippen LogP contribution in [0.25, 0.3) is 0 Å². The van der Waals surface area contributed by atoms with E-state index in [0.717, 1.165) is 19.1 Å². The summed E-state index contributed by atoms with van der Waals surface area (Å²) in [7, 11) is 2.27. The summed E-state index contributed by atoms with van der Waals surface area (Å²) >= 11 is 0. The molecular formula is C17H28N2. The number of hydrogen-bond acceptors (Lipinski definition) is 2. The first-order valence-electron chi connectivity index (χ1n) is 7.84. The maximum absolute atomic E-state index is 3.52. The third-order valence-corrected chi connectivity index (χ3v) is 4.24. The molecule has 2 rings (SSSR count). The van der Waals surface area contributed by atoms with Gasteiger partial charge in [0.05, 0.1) is 0 Å². The molecule has 1 aromatic carbocycles. The summed E-state index contributed by atoms with van der Waals surface area (Å²) in [5.74, 6) is 0. The van der Waals surface area contributed by atoms with E-state index in [1.165, 1.54) is 49.8 Å². The van der Waals surface area contributed by atoms with Crippen molar-refractivity contribution in [3.05, 3.63) is 29.8 Å². The van der Waals surface area contributed by atoms with Crippen LogP contribution in [0.5, 0.6) is 0 Å². The lowest BCUT2D eigenvalue weighted by Crippen LogP contribution is -2.34. The van der Waals surface area contributed by atoms with E-state index in [0.29, 0.717) is 0 Å². The number of anilines is 1. The highest BCUT2D eigenvalue weighted by atomic mass is 15.1. The van der Waals surface area contributed by atoms with Crippen LogP contribution in [0, 0.1) is 0 Å². The number of benzene rings is 1. The van der Waals surface area contributed by atoms with Gasteiger partial charge in [0.1, 0.15) is 0 Å².